The van der Waals surface area contributed by atoms with E-state index in [0.29, 0.717) is 16.8 Å². The third-order valence-corrected chi connectivity index (χ3v) is 4.02. The highest BCUT2D eigenvalue weighted by Gasteiger charge is 2.16. The van der Waals surface area contributed by atoms with Crippen molar-refractivity contribution in [3.63, 3.8) is 0 Å². The topological polar surface area (TPSA) is 84.4 Å². The lowest BCUT2D eigenvalue weighted by Gasteiger charge is -2.17. The fourth-order valence-corrected chi connectivity index (χ4v) is 2.56. The van der Waals surface area contributed by atoms with Gasteiger partial charge in [-0.15, -0.1) is 0 Å². The molecule has 3 aromatic rings. The number of aromatic nitrogens is 2. The molecule has 2 aromatic carbocycles. The van der Waals surface area contributed by atoms with Crippen LogP contribution in [0.3, 0.4) is 0 Å². The SMILES string of the molecule is CCOC(=O)c1ccccc1Nc1ncc(C(=O)N(C)c2ccccc2)cn1. The van der Waals surface area contributed by atoms with Gasteiger partial charge in [0.1, 0.15) is 0 Å². The van der Waals surface area contributed by atoms with Crippen LogP contribution in [0.1, 0.15) is 27.6 Å². The summed E-state index contributed by atoms with van der Waals surface area (Å²) in [5.41, 5.74) is 2.05. The van der Waals surface area contributed by atoms with Crippen molar-refractivity contribution in [1.29, 1.82) is 0 Å². The van der Waals surface area contributed by atoms with Gasteiger partial charge in [0, 0.05) is 25.1 Å². The number of hydrogen-bond donors (Lipinski definition) is 1. The fraction of sp³-hybridized carbons (Fsp3) is 0.143. The van der Waals surface area contributed by atoms with E-state index in [2.05, 4.69) is 15.3 Å². The number of ether oxygens (including phenoxy) is 1. The number of nitrogens with one attached hydrogen (secondary N) is 1. The third kappa shape index (κ3) is 4.32. The predicted octanol–water partition coefficient (Wildman–Crippen LogP) is 3.67. The van der Waals surface area contributed by atoms with Crippen molar-refractivity contribution in [3.05, 3.63) is 78.1 Å². The van der Waals surface area contributed by atoms with Crippen LogP contribution >= 0.6 is 0 Å². The normalized spacial score (nSPS) is 10.2. The molecule has 142 valence electrons. The van der Waals surface area contributed by atoms with Crippen LogP contribution in [0, 0.1) is 0 Å². The number of benzene rings is 2. The number of amides is 1. The number of nitrogens with zero attached hydrogens (tertiary/aromatic N) is 3. The second-order valence-corrected chi connectivity index (χ2v) is 5.89. The molecule has 1 N–H and O–H groups in total. The largest absolute Gasteiger partial charge is 0.462 e. The molecule has 0 saturated carbocycles. The maximum atomic E-state index is 12.6. The van der Waals surface area contributed by atoms with Crippen LogP contribution in [0.2, 0.25) is 0 Å². The van der Waals surface area contributed by atoms with Crippen LogP contribution in [-0.4, -0.2) is 35.5 Å². The quantitative estimate of drug-likeness (QED) is 0.661. The first kappa shape index (κ1) is 19.0. The summed E-state index contributed by atoms with van der Waals surface area (Å²) in [6.07, 6.45) is 2.90. The highest BCUT2D eigenvalue weighted by Crippen LogP contribution is 2.20. The Morgan fingerprint density at radius 1 is 1.00 bits per heavy atom. The summed E-state index contributed by atoms with van der Waals surface area (Å²) >= 11 is 0. The average Bonchev–Trinajstić information content (AvgIpc) is 2.74. The van der Waals surface area contributed by atoms with E-state index in [4.69, 9.17) is 4.74 Å². The molecule has 0 fully saturated rings. The van der Waals surface area contributed by atoms with E-state index in [-0.39, 0.29) is 18.5 Å². The van der Waals surface area contributed by atoms with Gasteiger partial charge in [0.15, 0.2) is 0 Å². The Balaban J connectivity index is 1.75. The summed E-state index contributed by atoms with van der Waals surface area (Å²) in [5.74, 6) is -0.373. The van der Waals surface area contributed by atoms with Gasteiger partial charge in [-0.25, -0.2) is 14.8 Å². The summed E-state index contributed by atoms with van der Waals surface area (Å²) in [7, 11) is 1.69. The van der Waals surface area contributed by atoms with Gasteiger partial charge >= 0.3 is 5.97 Å². The van der Waals surface area contributed by atoms with Crippen LogP contribution in [0.15, 0.2) is 67.0 Å². The van der Waals surface area contributed by atoms with Crippen LogP contribution < -0.4 is 10.2 Å². The number of carbonyl (C=O) groups excluding carboxylic acids is 2. The summed E-state index contributed by atoms with van der Waals surface area (Å²) < 4.78 is 5.06. The molecule has 0 spiro atoms. The molecular weight excluding hydrogens is 356 g/mol. The molecule has 0 aliphatic heterocycles. The minimum absolute atomic E-state index is 0.218. The molecule has 7 heteroatoms. The lowest BCUT2D eigenvalue weighted by atomic mass is 10.2. The lowest BCUT2D eigenvalue weighted by Crippen LogP contribution is -2.26. The minimum Gasteiger partial charge on any atom is -0.462 e. The number of para-hydroxylation sites is 2. The molecule has 0 aliphatic rings. The van der Waals surface area contributed by atoms with Crippen LogP contribution in [0.5, 0.6) is 0 Å². The standard InChI is InChI=1S/C21H20N4O3/c1-3-28-20(27)17-11-7-8-12-18(17)24-21-22-13-15(14-23-21)19(26)25(2)16-9-5-4-6-10-16/h4-14H,3H2,1-2H3,(H,22,23,24). The van der Waals surface area contributed by atoms with Gasteiger partial charge in [-0.3, -0.25) is 4.79 Å². The first-order valence-corrected chi connectivity index (χ1v) is 8.78. The Morgan fingerprint density at radius 3 is 2.32 bits per heavy atom. The van der Waals surface area contributed by atoms with Crippen molar-refractivity contribution < 1.29 is 14.3 Å². The second-order valence-electron chi connectivity index (χ2n) is 5.89. The number of rotatable bonds is 6. The molecule has 1 aromatic heterocycles. The third-order valence-electron chi connectivity index (χ3n) is 4.02. The van der Waals surface area contributed by atoms with Crippen molar-refractivity contribution in [3.8, 4) is 0 Å². The maximum absolute atomic E-state index is 12.6. The average molecular weight is 376 g/mol. The van der Waals surface area contributed by atoms with Crippen LogP contribution in [0.25, 0.3) is 0 Å². The monoisotopic (exact) mass is 376 g/mol. The van der Waals surface area contributed by atoms with Crippen LogP contribution in [-0.2, 0) is 4.74 Å². The Hall–Kier alpha value is -3.74. The maximum Gasteiger partial charge on any atom is 0.340 e. The minimum atomic E-state index is -0.429. The highest BCUT2D eigenvalue weighted by atomic mass is 16.5. The van der Waals surface area contributed by atoms with E-state index in [1.807, 2.05) is 30.3 Å². The van der Waals surface area contributed by atoms with Crippen molar-refractivity contribution >= 4 is 29.2 Å². The highest BCUT2D eigenvalue weighted by molar-refractivity contribution is 6.05. The molecule has 0 saturated heterocycles. The molecule has 0 atom stereocenters. The lowest BCUT2D eigenvalue weighted by molar-refractivity contribution is 0.0527. The Bertz CT molecular complexity index is 959. The van der Waals surface area contributed by atoms with Gasteiger partial charge in [-0.1, -0.05) is 30.3 Å². The van der Waals surface area contributed by atoms with E-state index in [1.165, 1.54) is 17.3 Å². The summed E-state index contributed by atoms with van der Waals surface area (Å²) in [5, 5.41) is 2.99. The molecule has 1 heterocycles. The van der Waals surface area contributed by atoms with E-state index in [9.17, 15) is 9.59 Å². The van der Waals surface area contributed by atoms with Gasteiger partial charge in [0.25, 0.3) is 5.91 Å². The molecule has 0 radical (unpaired) electrons. The van der Waals surface area contributed by atoms with Crippen molar-refractivity contribution in [1.82, 2.24) is 9.97 Å². The summed E-state index contributed by atoms with van der Waals surface area (Å²) in [6.45, 7) is 2.04. The van der Waals surface area contributed by atoms with Gasteiger partial charge in [0.05, 0.1) is 23.4 Å². The Morgan fingerprint density at radius 2 is 1.64 bits per heavy atom. The molecule has 0 aliphatic carbocycles. The Labute approximate surface area is 163 Å². The fourth-order valence-electron chi connectivity index (χ4n) is 2.56. The van der Waals surface area contributed by atoms with Gasteiger partial charge in [-0.2, -0.15) is 0 Å². The number of anilines is 3. The molecule has 0 bridgehead atoms. The molecule has 1 amide bonds. The van der Waals surface area contributed by atoms with E-state index in [0.717, 1.165) is 5.69 Å². The zero-order valence-electron chi connectivity index (χ0n) is 15.6. The smallest absolute Gasteiger partial charge is 0.340 e. The predicted molar refractivity (Wildman–Crippen MR) is 107 cm³/mol. The van der Waals surface area contributed by atoms with Gasteiger partial charge in [-0.05, 0) is 31.2 Å². The molecule has 3 rings (SSSR count). The van der Waals surface area contributed by atoms with Gasteiger partial charge < -0.3 is 15.0 Å². The van der Waals surface area contributed by atoms with Crippen molar-refractivity contribution in [2.75, 3.05) is 23.9 Å². The Kier molecular flexibility index (Phi) is 5.96. The zero-order valence-corrected chi connectivity index (χ0v) is 15.6. The zero-order chi connectivity index (χ0) is 19.9. The molecule has 28 heavy (non-hydrogen) atoms. The summed E-state index contributed by atoms with van der Waals surface area (Å²) in [6, 6.07) is 16.2. The first-order chi connectivity index (χ1) is 13.6. The summed E-state index contributed by atoms with van der Waals surface area (Å²) in [4.78, 5) is 34.6. The van der Waals surface area contributed by atoms with Crippen LogP contribution in [0.4, 0.5) is 17.3 Å². The van der Waals surface area contributed by atoms with E-state index < -0.39 is 5.97 Å². The molecule has 0 unspecified atom stereocenters. The van der Waals surface area contributed by atoms with E-state index in [1.54, 1.807) is 38.2 Å². The van der Waals surface area contributed by atoms with Crippen molar-refractivity contribution in [2.24, 2.45) is 0 Å². The van der Waals surface area contributed by atoms with Gasteiger partial charge in [0.2, 0.25) is 5.95 Å². The number of esters is 1. The molecule has 7 nitrogen and oxygen atoms in total. The number of hydrogen-bond acceptors (Lipinski definition) is 6. The second kappa shape index (κ2) is 8.77. The van der Waals surface area contributed by atoms with Crippen molar-refractivity contribution in [2.45, 2.75) is 6.92 Å². The number of carbonyl (C=O) groups is 2. The molecular formula is C21H20N4O3. The van der Waals surface area contributed by atoms with E-state index >= 15 is 0 Å². The first-order valence-electron chi connectivity index (χ1n) is 8.78.